The fraction of sp³-hybridized carbons (Fsp3) is 0.588. The number of rotatable bonds is 11. The van der Waals surface area contributed by atoms with E-state index in [-0.39, 0.29) is 11.7 Å². The number of ether oxygens (including phenoxy) is 1. The molecule has 0 bridgehead atoms. The van der Waals surface area contributed by atoms with Crippen molar-refractivity contribution in [2.45, 2.75) is 103 Å². The highest BCUT2D eigenvalue weighted by Crippen LogP contribution is 2.45. The SMILES string of the molecule is CCCCc1ccc(CCC=CC2CCC(C3CCC(c4ccc(OCC)c(F)c4F)CC3)CC2)cc1. The van der Waals surface area contributed by atoms with E-state index in [4.69, 9.17) is 4.74 Å². The quantitative estimate of drug-likeness (QED) is 0.274. The first-order chi connectivity index (χ1) is 18.1. The van der Waals surface area contributed by atoms with E-state index < -0.39 is 11.6 Å². The van der Waals surface area contributed by atoms with E-state index in [9.17, 15) is 8.78 Å². The molecule has 0 heterocycles. The normalized spacial score (nSPS) is 24.4. The highest BCUT2D eigenvalue weighted by atomic mass is 19.2. The van der Waals surface area contributed by atoms with Crippen LogP contribution in [0.25, 0.3) is 0 Å². The van der Waals surface area contributed by atoms with E-state index in [1.54, 1.807) is 19.1 Å². The van der Waals surface area contributed by atoms with Gasteiger partial charge < -0.3 is 4.74 Å². The molecule has 202 valence electrons. The van der Waals surface area contributed by atoms with Crippen LogP contribution in [0.1, 0.15) is 107 Å². The maximum absolute atomic E-state index is 14.7. The Labute approximate surface area is 223 Å². The number of hydrogen-bond donors (Lipinski definition) is 0. The van der Waals surface area contributed by atoms with Crippen LogP contribution in [0.15, 0.2) is 48.6 Å². The molecule has 0 unspecified atom stereocenters. The Bertz CT molecular complexity index is 980. The molecule has 0 N–H and O–H groups in total. The number of hydrogen-bond acceptors (Lipinski definition) is 1. The average Bonchev–Trinajstić information content (AvgIpc) is 2.94. The van der Waals surface area contributed by atoms with Gasteiger partial charge in [0.15, 0.2) is 11.6 Å². The lowest BCUT2D eigenvalue weighted by molar-refractivity contribution is 0.170. The summed E-state index contributed by atoms with van der Waals surface area (Å²) < 4.78 is 34.2. The lowest BCUT2D eigenvalue weighted by Crippen LogP contribution is -2.25. The largest absolute Gasteiger partial charge is 0.491 e. The van der Waals surface area contributed by atoms with Gasteiger partial charge in [-0.2, -0.15) is 4.39 Å². The molecule has 3 heteroatoms. The predicted octanol–water partition coefficient (Wildman–Crippen LogP) is 9.98. The Hall–Kier alpha value is -2.16. The zero-order chi connectivity index (χ0) is 26.0. The Morgan fingerprint density at radius 3 is 2.00 bits per heavy atom. The minimum atomic E-state index is -0.826. The van der Waals surface area contributed by atoms with E-state index >= 15 is 0 Å². The lowest BCUT2D eigenvalue weighted by Gasteiger charge is -2.37. The minimum Gasteiger partial charge on any atom is -0.491 e. The molecule has 0 atom stereocenters. The summed E-state index contributed by atoms with van der Waals surface area (Å²) in [6, 6.07) is 12.6. The molecule has 2 aromatic carbocycles. The van der Waals surface area contributed by atoms with E-state index in [1.165, 1.54) is 56.1 Å². The summed E-state index contributed by atoms with van der Waals surface area (Å²) >= 11 is 0. The van der Waals surface area contributed by atoms with Gasteiger partial charge in [0.1, 0.15) is 0 Å². The van der Waals surface area contributed by atoms with Crippen LogP contribution in [-0.2, 0) is 12.8 Å². The molecule has 0 aliphatic heterocycles. The number of aryl methyl sites for hydroxylation is 2. The lowest BCUT2D eigenvalue weighted by atomic mass is 9.68. The zero-order valence-electron chi connectivity index (χ0n) is 23.0. The molecule has 2 saturated carbocycles. The van der Waals surface area contributed by atoms with Gasteiger partial charge in [0, 0.05) is 0 Å². The summed E-state index contributed by atoms with van der Waals surface area (Å²) in [7, 11) is 0. The molecular formula is C34H46F2O. The van der Waals surface area contributed by atoms with Crippen LogP contribution in [0.3, 0.4) is 0 Å². The highest BCUT2D eigenvalue weighted by molar-refractivity contribution is 5.33. The van der Waals surface area contributed by atoms with Crippen molar-refractivity contribution < 1.29 is 13.5 Å². The molecule has 37 heavy (non-hydrogen) atoms. The summed E-state index contributed by atoms with van der Waals surface area (Å²) in [5.41, 5.74) is 3.45. The van der Waals surface area contributed by atoms with Crippen LogP contribution in [0.2, 0.25) is 0 Å². The Morgan fingerprint density at radius 1 is 0.757 bits per heavy atom. The third kappa shape index (κ3) is 7.68. The summed E-state index contributed by atoms with van der Waals surface area (Å²) in [5.74, 6) is 0.910. The van der Waals surface area contributed by atoms with Crippen LogP contribution in [-0.4, -0.2) is 6.61 Å². The third-order valence-corrected chi connectivity index (χ3v) is 8.92. The first-order valence-electron chi connectivity index (χ1n) is 14.9. The van der Waals surface area contributed by atoms with Crippen molar-refractivity contribution in [3.05, 3.63) is 76.9 Å². The topological polar surface area (TPSA) is 9.23 Å². The molecular weight excluding hydrogens is 462 g/mol. The van der Waals surface area contributed by atoms with Gasteiger partial charge in [0.25, 0.3) is 0 Å². The average molecular weight is 509 g/mol. The Kier molecular flexibility index (Phi) is 10.6. The molecule has 1 nitrogen and oxygen atoms in total. The van der Waals surface area contributed by atoms with Crippen molar-refractivity contribution >= 4 is 0 Å². The standard InChI is InChI=1S/C34H46F2O/c1-3-5-8-25-11-13-26(14-12-25)9-6-7-10-27-15-17-28(18-16-27)29-19-21-30(22-20-29)31-23-24-32(37-4-2)34(36)33(31)35/h7,10-14,23-24,27-30H,3-6,8-9,15-22H2,1-2H3. The van der Waals surface area contributed by atoms with Gasteiger partial charge in [0.05, 0.1) is 6.61 Å². The number of allylic oxidation sites excluding steroid dienone is 2. The second kappa shape index (κ2) is 14.1. The molecule has 2 aliphatic carbocycles. The van der Waals surface area contributed by atoms with Crippen molar-refractivity contribution in [3.8, 4) is 5.75 Å². The maximum atomic E-state index is 14.7. The summed E-state index contributed by atoms with van der Waals surface area (Å²) in [4.78, 5) is 0. The first kappa shape index (κ1) is 27.9. The van der Waals surface area contributed by atoms with Crippen molar-refractivity contribution in [1.29, 1.82) is 0 Å². The minimum absolute atomic E-state index is 0.0275. The first-order valence-corrected chi connectivity index (χ1v) is 14.9. The van der Waals surface area contributed by atoms with Crippen LogP contribution in [0.4, 0.5) is 8.78 Å². The summed E-state index contributed by atoms with van der Waals surface area (Å²) in [5, 5.41) is 0. The van der Waals surface area contributed by atoms with Crippen molar-refractivity contribution in [3.63, 3.8) is 0 Å². The second-order valence-corrected chi connectivity index (χ2v) is 11.4. The molecule has 0 saturated heterocycles. The van der Waals surface area contributed by atoms with E-state index in [1.807, 2.05) is 0 Å². The Balaban J connectivity index is 1.16. The molecule has 2 aliphatic rings. The van der Waals surface area contributed by atoms with Gasteiger partial charge in [-0.1, -0.05) is 55.8 Å². The zero-order valence-corrected chi connectivity index (χ0v) is 23.0. The fourth-order valence-electron chi connectivity index (χ4n) is 6.63. The number of benzene rings is 2. The van der Waals surface area contributed by atoms with Gasteiger partial charge in [0.2, 0.25) is 5.82 Å². The summed E-state index contributed by atoms with van der Waals surface area (Å²) in [6.07, 6.45) is 20.3. The smallest absolute Gasteiger partial charge is 0.200 e. The van der Waals surface area contributed by atoms with Gasteiger partial charge in [-0.15, -0.1) is 0 Å². The van der Waals surface area contributed by atoms with Gasteiger partial charge in [-0.3, -0.25) is 0 Å². The molecule has 0 spiro atoms. The molecule has 0 aromatic heterocycles. The molecule has 4 rings (SSSR count). The van der Waals surface area contributed by atoms with Gasteiger partial charge in [-0.05, 0) is 130 Å². The second-order valence-electron chi connectivity index (χ2n) is 11.4. The van der Waals surface area contributed by atoms with E-state index in [0.717, 1.165) is 56.3 Å². The molecule has 0 amide bonds. The van der Waals surface area contributed by atoms with Crippen molar-refractivity contribution in [1.82, 2.24) is 0 Å². The van der Waals surface area contributed by atoms with Crippen LogP contribution >= 0.6 is 0 Å². The fourth-order valence-corrected chi connectivity index (χ4v) is 6.63. The van der Waals surface area contributed by atoms with E-state index in [0.29, 0.717) is 12.2 Å². The predicted molar refractivity (Wildman–Crippen MR) is 150 cm³/mol. The molecule has 2 aromatic rings. The van der Waals surface area contributed by atoms with Gasteiger partial charge >= 0.3 is 0 Å². The number of halogens is 2. The van der Waals surface area contributed by atoms with Crippen LogP contribution < -0.4 is 4.74 Å². The van der Waals surface area contributed by atoms with Crippen molar-refractivity contribution in [2.75, 3.05) is 6.61 Å². The van der Waals surface area contributed by atoms with Gasteiger partial charge in [-0.25, -0.2) is 4.39 Å². The number of unbranched alkanes of at least 4 members (excludes halogenated alkanes) is 1. The third-order valence-electron chi connectivity index (χ3n) is 8.92. The van der Waals surface area contributed by atoms with Crippen molar-refractivity contribution in [2.24, 2.45) is 17.8 Å². The summed E-state index contributed by atoms with van der Waals surface area (Å²) in [6.45, 7) is 4.37. The highest BCUT2D eigenvalue weighted by Gasteiger charge is 2.32. The maximum Gasteiger partial charge on any atom is 0.200 e. The molecule has 2 fully saturated rings. The van der Waals surface area contributed by atoms with Crippen LogP contribution in [0, 0.1) is 29.4 Å². The van der Waals surface area contributed by atoms with E-state index in [2.05, 4.69) is 43.3 Å². The van der Waals surface area contributed by atoms with Crippen LogP contribution in [0.5, 0.6) is 5.75 Å². The monoisotopic (exact) mass is 508 g/mol. The molecule has 0 radical (unpaired) electrons. The Morgan fingerprint density at radius 2 is 1.38 bits per heavy atom.